The van der Waals surface area contributed by atoms with Gasteiger partial charge in [-0.2, -0.15) is 0 Å². The molecule has 0 unspecified atom stereocenters. The van der Waals surface area contributed by atoms with Gasteiger partial charge in [-0.1, -0.05) is 115 Å². The molecule has 1 aliphatic rings. The van der Waals surface area contributed by atoms with Gasteiger partial charge in [-0.25, -0.2) is 4.98 Å². The van der Waals surface area contributed by atoms with Crippen LogP contribution in [0.2, 0.25) is 0 Å². The molecule has 1 aromatic heterocycles. The van der Waals surface area contributed by atoms with Crippen LogP contribution in [0.5, 0.6) is 0 Å². The molecule has 186 valence electrons. The number of benzene rings is 7. The average molecular weight is 517 g/mol. The Balaban J connectivity index is 1.60. The molecule has 9 rings (SSSR count). The topological polar surface area (TPSA) is 17.8 Å². The normalized spacial score (nSPS) is 14.9. The van der Waals surface area contributed by atoms with Crippen LogP contribution >= 0.6 is 0 Å². The zero-order valence-electron chi connectivity index (χ0n) is 29.4. The first-order chi connectivity index (χ1) is 23.1. The summed E-state index contributed by atoms with van der Waals surface area (Å²) in [6.45, 7) is 1.78. The first kappa shape index (κ1) is 15.4. The summed E-state index contributed by atoms with van der Waals surface area (Å²) in [5, 5.41) is 2.49. The highest BCUT2D eigenvalue weighted by atomic mass is 15.1. The molecule has 8 aromatic rings. The van der Waals surface area contributed by atoms with Crippen LogP contribution in [0.4, 0.5) is 0 Å². The quantitative estimate of drug-likeness (QED) is 0.209. The van der Waals surface area contributed by atoms with Crippen LogP contribution < -0.4 is 0 Å². The van der Waals surface area contributed by atoms with E-state index in [1.54, 1.807) is 11.5 Å². The van der Waals surface area contributed by atoms with E-state index in [9.17, 15) is 5.48 Å². The number of rotatable bonds is 2. The van der Waals surface area contributed by atoms with Crippen LogP contribution in [0.1, 0.15) is 16.8 Å². The number of hydrogen-bond donors (Lipinski definition) is 0. The third kappa shape index (κ3) is 2.75. The van der Waals surface area contributed by atoms with E-state index in [1.807, 2.05) is 60.7 Å². The number of aryl methyl sites for hydroxylation is 1. The van der Waals surface area contributed by atoms with E-state index >= 15 is 0 Å². The fourth-order valence-electron chi connectivity index (χ4n) is 6.55. The Bertz CT molecular complexity index is 2670. The molecule has 0 radical (unpaired) electrons. The maximum atomic E-state index is 9.35. The van der Waals surface area contributed by atoms with Crippen molar-refractivity contribution >= 4 is 43.4 Å². The molecular formula is C38H24N2. The van der Waals surface area contributed by atoms with Crippen molar-refractivity contribution in [1.82, 2.24) is 9.55 Å². The molecule has 40 heavy (non-hydrogen) atoms. The van der Waals surface area contributed by atoms with Crippen molar-refractivity contribution in [3.63, 3.8) is 0 Å². The monoisotopic (exact) mass is 516 g/mol. The summed E-state index contributed by atoms with van der Waals surface area (Å²) in [5.74, 6) is 0.509. The van der Waals surface area contributed by atoms with E-state index in [2.05, 4.69) is 18.2 Å². The second-order valence-corrected chi connectivity index (χ2v) is 10.1. The average Bonchev–Trinajstić information content (AvgIpc) is 3.61. The first-order valence-corrected chi connectivity index (χ1v) is 13.2. The lowest BCUT2D eigenvalue weighted by molar-refractivity contribution is 1.02. The van der Waals surface area contributed by atoms with E-state index in [0.717, 1.165) is 33.0 Å². The second kappa shape index (κ2) is 7.91. The summed E-state index contributed by atoms with van der Waals surface area (Å²) in [6.07, 6.45) is 0. The maximum absolute atomic E-state index is 9.35. The fraction of sp³-hybridized carbons (Fsp3) is 0.0263. The van der Waals surface area contributed by atoms with Gasteiger partial charge in [0, 0.05) is 10.8 Å². The van der Waals surface area contributed by atoms with Gasteiger partial charge in [-0.05, 0) is 74.0 Å². The molecular weight excluding hydrogens is 484 g/mol. The Hall–Kier alpha value is -5.21. The minimum absolute atomic E-state index is 0.159. The zero-order valence-corrected chi connectivity index (χ0v) is 21.4. The molecule has 0 amide bonds. The van der Waals surface area contributed by atoms with Crippen LogP contribution in [0.25, 0.3) is 82.4 Å². The molecule has 0 fully saturated rings. The molecule has 0 saturated heterocycles. The predicted molar refractivity (Wildman–Crippen MR) is 168 cm³/mol. The highest BCUT2D eigenvalue weighted by Crippen LogP contribution is 2.51. The van der Waals surface area contributed by atoms with Crippen LogP contribution in [0.15, 0.2) is 127 Å². The van der Waals surface area contributed by atoms with Crippen molar-refractivity contribution < 1.29 is 11.0 Å². The van der Waals surface area contributed by atoms with Gasteiger partial charge >= 0.3 is 0 Å². The first-order valence-electron chi connectivity index (χ1n) is 17.2. The standard InChI is InChI=1S/C38H24N2/c1-23-39-34-19-8-9-20-35(34)40(23)38-32-15-6-4-13-28(32)37(29-14-5-7-16-33(29)38)31-22-21-30-25-12-3-2-11-24(25)26-17-10-18-27(31)36(26)30/h2-22H,1H3/i4D,5D,6D,7D,13D,14D,15D,16D. The zero-order chi connectivity index (χ0) is 33.3. The number of nitrogens with zero attached hydrogens (tertiary/aromatic N) is 2. The van der Waals surface area contributed by atoms with Gasteiger partial charge in [0.05, 0.1) is 27.7 Å². The molecule has 1 aliphatic carbocycles. The Morgan fingerprint density at radius 1 is 0.550 bits per heavy atom. The van der Waals surface area contributed by atoms with Gasteiger partial charge in [0.15, 0.2) is 0 Å². The Labute approximate surface area is 243 Å². The maximum Gasteiger partial charge on any atom is 0.111 e. The molecule has 0 N–H and O–H groups in total. The van der Waals surface area contributed by atoms with E-state index < -0.39 is 24.2 Å². The predicted octanol–water partition coefficient (Wildman–Crippen LogP) is 10.1. The third-order valence-corrected chi connectivity index (χ3v) is 8.12. The minimum atomic E-state index is -0.433. The number of fused-ring (bicyclic) bond motifs is 6. The summed E-state index contributed by atoms with van der Waals surface area (Å²) in [7, 11) is 0. The number of para-hydroxylation sites is 2. The van der Waals surface area contributed by atoms with Crippen molar-refractivity contribution in [3.8, 4) is 39.1 Å². The van der Waals surface area contributed by atoms with E-state index in [0.29, 0.717) is 28.0 Å². The van der Waals surface area contributed by atoms with Crippen molar-refractivity contribution in [2.75, 3.05) is 0 Å². The van der Waals surface area contributed by atoms with Crippen molar-refractivity contribution in [1.29, 1.82) is 0 Å². The minimum Gasteiger partial charge on any atom is -0.295 e. The van der Waals surface area contributed by atoms with Crippen molar-refractivity contribution in [2.24, 2.45) is 0 Å². The largest absolute Gasteiger partial charge is 0.295 e. The van der Waals surface area contributed by atoms with Gasteiger partial charge < -0.3 is 0 Å². The molecule has 2 nitrogen and oxygen atoms in total. The molecule has 0 bridgehead atoms. The van der Waals surface area contributed by atoms with Crippen LogP contribution in [-0.2, 0) is 0 Å². The number of imidazole rings is 1. The highest BCUT2D eigenvalue weighted by molar-refractivity contribution is 6.25. The molecule has 0 saturated carbocycles. The SMILES string of the molecule is [2H]c1c([2H])c([2H])c2c(-n3c(C)nc4ccccc43)c3c([2H])c([2H])c([2H])c([2H])c3c(-c3ccc4c5c(cccc35)-c3ccccc3-4)c2c1[2H]. The molecule has 7 aromatic carbocycles. The van der Waals surface area contributed by atoms with Gasteiger partial charge in [0.2, 0.25) is 0 Å². The highest BCUT2D eigenvalue weighted by Gasteiger charge is 2.25. The van der Waals surface area contributed by atoms with Crippen molar-refractivity contribution in [3.05, 3.63) is 133 Å². The number of hydrogen-bond acceptors (Lipinski definition) is 1. The van der Waals surface area contributed by atoms with Gasteiger partial charge in [-0.3, -0.25) is 4.57 Å². The third-order valence-electron chi connectivity index (χ3n) is 8.12. The van der Waals surface area contributed by atoms with E-state index in [1.165, 1.54) is 0 Å². The molecule has 0 spiro atoms. The molecule has 0 atom stereocenters. The number of aromatic nitrogens is 2. The van der Waals surface area contributed by atoms with E-state index in [-0.39, 0.29) is 51.4 Å². The summed E-state index contributed by atoms with van der Waals surface area (Å²) >= 11 is 0. The van der Waals surface area contributed by atoms with Gasteiger partial charge in [0.1, 0.15) is 5.82 Å². The Morgan fingerprint density at radius 2 is 1.12 bits per heavy atom. The molecule has 1 heterocycles. The second-order valence-electron chi connectivity index (χ2n) is 10.1. The lowest BCUT2D eigenvalue weighted by Gasteiger charge is -2.20. The fourth-order valence-corrected chi connectivity index (χ4v) is 6.55. The Morgan fingerprint density at radius 3 is 1.85 bits per heavy atom. The van der Waals surface area contributed by atoms with E-state index in [4.69, 9.17) is 10.5 Å². The van der Waals surface area contributed by atoms with Crippen LogP contribution in [0.3, 0.4) is 0 Å². The lowest BCUT2D eigenvalue weighted by Crippen LogP contribution is -2.01. The molecule has 0 aliphatic heterocycles. The van der Waals surface area contributed by atoms with Crippen LogP contribution in [-0.4, -0.2) is 9.55 Å². The summed E-state index contributed by atoms with van der Waals surface area (Å²) in [6, 6.07) is 22.6. The summed E-state index contributed by atoms with van der Waals surface area (Å²) in [4.78, 5) is 4.73. The van der Waals surface area contributed by atoms with Gasteiger partial charge in [-0.15, -0.1) is 0 Å². The summed E-state index contributed by atoms with van der Waals surface area (Å²) < 4.78 is 74.2. The summed E-state index contributed by atoms with van der Waals surface area (Å²) in [5.41, 5.74) is 6.74. The van der Waals surface area contributed by atoms with Gasteiger partial charge in [0.25, 0.3) is 0 Å². The molecule has 2 heteroatoms. The van der Waals surface area contributed by atoms with Crippen molar-refractivity contribution in [2.45, 2.75) is 6.92 Å². The smallest absolute Gasteiger partial charge is 0.111 e. The van der Waals surface area contributed by atoms with Crippen LogP contribution in [0, 0.1) is 6.92 Å². The lowest BCUT2D eigenvalue weighted by atomic mass is 9.87. The Kier molecular flexibility index (Phi) is 3.04.